The van der Waals surface area contributed by atoms with Crippen molar-refractivity contribution in [3.05, 3.63) is 63.2 Å². The molecule has 2 aromatic rings. The zero-order valence-corrected chi connectivity index (χ0v) is 13.9. The lowest BCUT2D eigenvalue weighted by Crippen LogP contribution is -2.10. The Morgan fingerprint density at radius 3 is 2.29 bits per heavy atom. The van der Waals surface area contributed by atoms with Crippen LogP contribution >= 0.6 is 23.8 Å². The molecule has 0 aliphatic heterocycles. The number of halogens is 1. The van der Waals surface area contributed by atoms with Crippen LogP contribution in [0.5, 0.6) is 5.75 Å². The highest BCUT2D eigenvalue weighted by Crippen LogP contribution is 2.24. The number of nitrogens with two attached hydrogens (primary N) is 1. The van der Waals surface area contributed by atoms with Gasteiger partial charge in [0.25, 0.3) is 0 Å². The number of benzene rings is 2. The first-order valence-corrected chi connectivity index (χ1v) is 7.46. The zero-order valence-electron chi connectivity index (χ0n) is 12.4. The molecule has 21 heavy (non-hydrogen) atoms. The normalized spacial score (nSPS) is 10.5. The topological polar surface area (TPSA) is 35.2 Å². The smallest absolute Gasteiger partial charge is 0.121 e. The Kier molecular flexibility index (Phi) is 4.86. The van der Waals surface area contributed by atoms with E-state index in [1.807, 2.05) is 6.07 Å². The molecule has 0 aromatic heterocycles. The average Bonchev–Trinajstić information content (AvgIpc) is 2.36. The van der Waals surface area contributed by atoms with E-state index in [1.165, 1.54) is 22.3 Å². The number of rotatable bonds is 4. The van der Waals surface area contributed by atoms with E-state index in [0.29, 0.717) is 22.9 Å². The van der Waals surface area contributed by atoms with E-state index in [9.17, 15) is 0 Å². The number of hydrogen-bond donors (Lipinski definition) is 1. The third-order valence-corrected chi connectivity index (χ3v) is 3.96. The Morgan fingerprint density at radius 2 is 1.76 bits per heavy atom. The van der Waals surface area contributed by atoms with Gasteiger partial charge in [-0.25, -0.2) is 0 Å². The van der Waals surface area contributed by atoms with Crippen LogP contribution in [0, 0.1) is 20.8 Å². The second-order valence-corrected chi connectivity index (χ2v) is 6.02. The Hall–Kier alpha value is -1.58. The van der Waals surface area contributed by atoms with Gasteiger partial charge in [-0.15, -0.1) is 0 Å². The van der Waals surface area contributed by atoms with E-state index < -0.39 is 0 Å². The summed E-state index contributed by atoms with van der Waals surface area (Å²) in [4.78, 5) is 0.289. The molecule has 110 valence electrons. The predicted octanol–water partition coefficient (Wildman–Crippen LogP) is 4.48. The molecular weight excluding hydrogens is 302 g/mol. The SMILES string of the molecule is Cc1cc(C)c(COc2ccc(C(N)=S)c(Cl)c2)c(C)c1. The van der Waals surface area contributed by atoms with Gasteiger partial charge in [-0.3, -0.25) is 0 Å². The van der Waals surface area contributed by atoms with Crippen molar-refractivity contribution in [3.63, 3.8) is 0 Å². The quantitative estimate of drug-likeness (QED) is 0.844. The lowest BCUT2D eigenvalue weighted by atomic mass is 10.0. The molecule has 2 rings (SSSR count). The van der Waals surface area contributed by atoms with Gasteiger partial charge in [0, 0.05) is 5.56 Å². The molecule has 2 nitrogen and oxygen atoms in total. The molecule has 0 radical (unpaired) electrons. The van der Waals surface area contributed by atoms with E-state index in [2.05, 4.69) is 32.9 Å². The fraction of sp³-hybridized carbons (Fsp3) is 0.235. The zero-order chi connectivity index (χ0) is 15.6. The third kappa shape index (κ3) is 3.74. The van der Waals surface area contributed by atoms with Gasteiger partial charge < -0.3 is 10.5 Å². The van der Waals surface area contributed by atoms with Crippen molar-refractivity contribution < 1.29 is 4.74 Å². The second kappa shape index (κ2) is 6.46. The van der Waals surface area contributed by atoms with Crippen LogP contribution in [-0.2, 0) is 6.61 Å². The molecular formula is C17H18ClNOS. The molecule has 0 atom stereocenters. The maximum absolute atomic E-state index is 6.14. The highest BCUT2D eigenvalue weighted by molar-refractivity contribution is 7.80. The van der Waals surface area contributed by atoms with Crippen molar-refractivity contribution in [2.24, 2.45) is 5.73 Å². The molecule has 0 heterocycles. The van der Waals surface area contributed by atoms with Crippen LogP contribution in [0.3, 0.4) is 0 Å². The molecule has 0 spiro atoms. The van der Waals surface area contributed by atoms with Crippen LogP contribution in [0.1, 0.15) is 27.8 Å². The van der Waals surface area contributed by atoms with Crippen LogP contribution in [0.25, 0.3) is 0 Å². The minimum Gasteiger partial charge on any atom is -0.489 e. The maximum atomic E-state index is 6.14. The standard InChI is InChI=1S/C17H18ClNOS/c1-10-6-11(2)15(12(3)7-10)9-20-13-4-5-14(17(19)21)16(18)8-13/h4-8H,9H2,1-3H3,(H2,19,21). The lowest BCUT2D eigenvalue weighted by molar-refractivity contribution is 0.304. The summed E-state index contributed by atoms with van der Waals surface area (Å²) in [6, 6.07) is 9.69. The summed E-state index contributed by atoms with van der Waals surface area (Å²) in [5.74, 6) is 0.708. The summed E-state index contributed by atoms with van der Waals surface area (Å²) in [6.45, 7) is 6.81. The fourth-order valence-electron chi connectivity index (χ4n) is 2.38. The third-order valence-electron chi connectivity index (χ3n) is 3.43. The van der Waals surface area contributed by atoms with Gasteiger partial charge in [-0.2, -0.15) is 0 Å². The monoisotopic (exact) mass is 319 g/mol. The van der Waals surface area contributed by atoms with Crippen molar-refractivity contribution in [1.82, 2.24) is 0 Å². The van der Waals surface area contributed by atoms with Crippen LogP contribution in [0.15, 0.2) is 30.3 Å². The van der Waals surface area contributed by atoms with Crippen molar-refractivity contribution >= 4 is 28.8 Å². The number of thiocarbonyl (C=S) groups is 1. The largest absolute Gasteiger partial charge is 0.489 e. The summed E-state index contributed by atoms with van der Waals surface area (Å²) in [5.41, 5.74) is 11.2. The fourth-order valence-corrected chi connectivity index (χ4v) is 2.88. The van der Waals surface area contributed by atoms with Gasteiger partial charge in [-0.1, -0.05) is 41.5 Å². The van der Waals surface area contributed by atoms with Crippen molar-refractivity contribution in [2.45, 2.75) is 27.4 Å². The molecule has 4 heteroatoms. The second-order valence-electron chi connectivity index (χ2n) is 5.17. The van der Waals surface area contributed by atoms with Crippen molar-refractivity contribution in [2.75, 3.05) is 0 Å². The average molecular weight is 320 g/mol. The highest BCUT2D eigenvalue weighted by atomic mass is 35.5. The summed E-state index contributed by atoms with van der Waals surface area (Å²) in [7, 11) is 0. The van der Waals surface area contributed by atoms with Gasteiger partial charge in [0.2, 0.25) is 0 Å². The van der Waals surface area contributed by atoms with Gasteiger partial charge in [0.1, 0.15) is 17.3 Å². The summed E-state index contributed by atoms with van der Waals surface area (Å²) < 4.78 is 5.84. The van der Waals surface area contributed by atoms with Gasteiger partial charge in [0.15, 0.2) is 0 Å². The Labute approximate surface area is 135 Å². The molecule has 0 fully saturated rings. The Bertz CT molecular complexity index is 674. The summed E-state index contributed by atoms with van der Waals surface area (Å²) in [5, 5.41) is 0.511. The molecule has 0 bridgehead atoms. The lowest BCUT2D eigenvalue weighted by Gasteiger charge is -2.13. The minimum absolute atomic E-state index is 0.289. The highest BCUT2D eigenvalue weighted by Gasteiger charge is 2.08. The molecule has 2 N–H and O–H groups in total. The van der Waals surface area contributed by atoms with E-state index in [0.717, 1.165) is 0 Å². The minimum atomic E-state index is 0.289. The first-order chi connectivity index (χ1) is 9.88. The molecule has 2 aromatic carbocycles. The predicted molar refractivity (Wildman–Crippen MR) is 92.3 cm³/mol. The Balaban J connectivity index is 2.17. The summed E-state index contributed by atoms with van der Waals surface area (Å²) >= 11 is 11.1. The molecule has 0 unspecified atom stereocenters. The van der Waals surface area contributed by atoms with Gasteiger partial charge in [-0.05, 0) is 55.7 Å². The first kappa shape index (κ1) is 15.8. The number of hydrogen-bond acceptors (Lipinski definition) is 2. The molecule has 0 aliphatic rings. The van der Waals surface area contributed by atoms with Crippen LogP contribution in [0.2, 0.25) is 5.02 Å². The number of ether oxygens (including phenoxy) is 1. The van der Waals surface area contributed by atoms with Gasteiger partial charge >= 0.3 is 0 Å². The van der Waals surface area contributed by atoms with E-state index >= 15 is 0 Å². The van der Waals surface area contributed by atoms with Crippen molar-refractivity contribution in [1.29, 1.82) is 0 Å². The molecule has 0 saturated carbocycles. The molecule has 0 saturated heterocycles. The number of aryl methyl sites for hydroxylation is 3. The van der Waals surface area contributed by atoms with Crippen LogP contribution in [-0.4, -0.2) is 4.99 Å². The molecule has 0 amide bonds. The first-order valence-electron chi connectivity index (χ1n) is 6.67. The Morgan fingerprint density at radius 1 is 1.14 bits per heavy atom. The molecule has 0 aliphatic carbocycles. The van der Waals surface area contributed by atoms with Gasteiger partial charge in [0.05, 0.1) is 5.02 Å². The van der Waals surface area contributed by atoms with E-state index in [4.69, 9.17) is 34.3 Å². The van der Waals surface area contributed by atoms with Crippen LogP contribution < -0.4 is 10.5 Å². The maximum Gasteiger partial charge on any atom is 0.121 e. The van der Waals surface area contributed by atoms with Crippen molar-refractivity contribution in [3.8, 4) is 5.75 Å². The van der Waals surface area contributed by atoms with Crippen LogP contribution in [0.4, 0.5) is 0 Å². The van der Waals surface area contributed by atoms with E-state index in [1.54, 1.807) is 12.1 Å². The summed E-state index contributed by atoms with van der Waals surface area (Å²) in [6.07, 6.45) is 0. The van der Waals surface area contributed by atoms with E-state index in [-0.39, 0.29) is 4.99 Å².